The number of aliphatic hydroxyl groups is 1. The third-order valence-corrected chi connectivity index (χ3v) is 5.04. The number of aromatic amines is 1. The summed E-state index contributed by atoms with van der Waals surface area (Å²) in [7, 11) is 0. The number of rotatable bonds is 3. The van der Waals surface area contributed by atoms with Crippen LogP contribution in [0.3, 0.4) is 0 Å². The van der Waals surface area contributed by atoms with Crippen LogP contribution in [0.25, 0.3) is 17.0 Å². The zero-order valence-corrected chi connectivity index (χ0v) is 12.5. The van der Waals surface area contributed by atoms with Crippen molar-refractivity contribution < 1.29 is 5.11 Å². The van der Waals surface area contributed by atoms with Crippen molar-refractivity contribution in [1.82, 2.24) is 9.88 Å². The topological polar surface area (TPSA) is 39.3 Å². The normalized spacial score (nSPS) is 25.0. The fourth-order valence-electron chi connectivity index (χ4n) is 4.11. The summed E-state index contributed by atoms with van der Waals surface area (Å²) in [4.78, 5) is 5.96. The lowest BCUT2D eigenvalue weighted by atomic mass is 9.95. The average molecular weight is 282 g/mol. The first-order valence-electron chi connectivity index (χ1n) is 7.97. The minimum absolute atomic E-state index is 0.259. The molecule has 0 saturated carbocycles. The molecule has 110 valence electrons. The molecule has 1 aliphatic carbocycles. The van der Waals surface area contributed by atoms with Gasteiger partial charge in [-0.25, -0.2) is 0 Å². The van der Waals surface area contributed by atoms with E-state index in [9.17, 15) is 5.11 Å². The van der Waals surface area contributed by atoms with Crippen LogP contribution in [0.4, 0.5) is 0 Å². The molecule has 3 nitrogen and oxygen atoms in total. The van der Waals surface area contributed by atoms with Gasteiger partial charge in [-0.15, -0.1) is 0 Å². The Morgan fingerprint density at radius 2 is 2.29 bits per heavy atom. The minimum Gasteiger partial charge on any atom is -0.396 e. The van der Waals surface area contributed by atoms with Crippen LogP contribution in [0, 0.1) is 5.92 Å². The lowest BCUT2D eigenvalue weighted by Crippen LogP contribution is -2.32. The first-order valence-corrected chi connectivity index (χ1v) is 7.97. The molecule has 2 aromatic rings. The summed E-state index contributed by atoms with van der Waals surface area (Å²) in [5.41, 5.74) is 5.37. The number of benzene rings is 1. The van der Waals surface area contributed by atoms with Crippen LogP contribution < -0.4 is 0 Å². The van der Waals surface area contributed by atoms with Crippen molar-refractivity contribution in [2.45, 2.75) is 25.8 Å². The van der Waals surface area contributed by atoms with Crippen molar-refractivity contribution in [3.05, 3.63) is 41.1 Å². The fourth-order valence-corrected chi connectivity index (χ4v) is 4.11. The highest BCUT2D eigenvalue weighted by molar-refractivity contribution is 5.93. The van der Waals surface area contributed by atoms with Gasteiger partial charge < -0.3 is 10.1 Å². The van der Waals surface area contributed by atoms with E-state index in [1.165, 1.54) is 27.6 Å². The molecular weight excluding hydrogens is 260 g/mol. The van der Waals surface area contributed by atoms with Crippen molar-refractivity contribution >= 4 is 17.0 Å². The molecule has 0 bridgehead atoms. The van der Waals surface area contributed by atoms with E-state index in [-0.39, 0.29) is 6.61 Å². The SMILES string of the molecule is CCCN1C[C@H](CO)C2=Cc3cccc4[nH]cc(c34)C[C@H]21. The van der Waals surface area contributed by atoms with E-state index in [2.05, 4.69) is 47.3 Å². The Balaban J connectivity index is 1.86. The van der Waals surface area contributed by atoms with Gasteiger partial charge in [0.05, 0.1) is 6.61 Å². The van der Waals surface area contributed by atoms with Gasteiger partial charge in [-0.2, -0.15) is 0 Å². The zero-order valence-electron chi connectivity index (χ0n) is 12.5. The molecule has 0 unspecified atom stereocenters. The molecule has 2 N–H and O–H groups in total. The maximum absolute atomic E-state index is 9.77. The van der Waals surface area contributed by atoms with Crippen LogP contribution in [0.5, 0.6) is 0 Å². The highest BCUT2D eigenvalue weighted by atomic mass is 16.3. The second-order valence-corrected chi connectivity index (χ2v) is 6.32. The van der Waals surface area contributed by atoms with Crippen LogP contribution in [0.1, 0.15) is 24.5 Å². The first kappa shape index (κ1) is 13.1. The summed E-state index contributed by atoms with van der Waals surface area (Å²) in [6, 6.07) is 6.91. The Morgan fingerprint density at radius 1 is 1.38 bits per heavy atom. The van der Waals surface area contributed by atoms with E-state index in [1.54, 1.807) is 0 Å². The van der Waals surface area contributed by atoms with Gasteiger partial charge >= 0.3 is 0 Å². The molecule has 1 aliphatic heterocycles. The van der Waals surface area contributed by atoms with Crippen LogP contribution >= 0.6 is 0 Å². The maximum atomic E-state index is 9.77. The van der Waals surface area contributed by atoms with Crippen molar-refractivity contribution in [2.75, 3.05) is 19.7 Å². The smallest absolute Gasteiger partial charge is 0.0509 e. The van der Waals surface area contributed by atoms with E-state index >= 15 is 0 Å². The predicted octanol–water partition coefficient (Wildman–Crippen LogP) is 2.81. The van der Waals surface area contributed by atoms with Crippen LogP contribution in [0.15, 0.2) is 30.0 Å². The van der Waals surface area contributed by atoms with Crippen molar-refractivity contribution in [3.63, 3.8) is 0 Å². The summed E-state index contributed by atoms with van der Waals surface area (Å²) >= 11 is 0. The second kappa shape index (κ2) is 5.00. The van der Waals surface area contributed by atoms with E-state index < -0.39 is 0 Å². The van der Waals surface area contributed by atoms with Crippen molar-refractivity contribution in [3.8, 4) is 0 Å². The third-order valence-electron chi connectivity index (χ3n) is 5.04. The second-order valence-electron chi connectivity index (χ2n) is 6.32. The number of aliphatic hydroxyl groups excluding tert-OH is 1. The van der Waals surface area contributed by atoms with Crippen molar-refractivity contribution in [1.29, 1.82) is 0 Å². The summed E-state index contributed by atoms with van der Waals surface area (Å²) in [5, 5.41) is 11.1. The molecule has 1 aromatic heterocycles. The number of likely N-dealkylation sites (tertiary alicyclic amines) is 1. The number of H-pyrrole nitrogens is 1. The summed E-state index contributed by atoms with van der Waals surface area (Å²) in [6.45, 7) is 4.60. The highest BCUT2D eigenvalue weighted by Crippen LogP contribution is 2.38. The van der Waals surface area contributed by atoms with Crippen LogP contribution in [-0.2, 0) is 6.42 Å². The molecule has 4 rings (SSSR count). The van der Waals surface area contributed by atoms with Gasteiger partial charge in [-0.05, 0) is 42.2 Å². The van der Waals surface area contributed by atoms with Gasteiger partial charge in [0.2, 0.25) is 0 Å². The number of hydrogen-bond acceptors (Lipinski definition) is 2. The quantitative estimate of drug-likeness (QED) is 0.908. The molecule has 1 aromatic carbocycles. The Hall–Kier alpha value is -1.58. The molecule has 0 spiro atoms. The van der Waals surface area contributed by atoms with E-state index in [0.29, 0.717) is 12.0 Å². The number of nitrogens with one attached hydrogen (secondary N) is 1. The molecule has 0 radical (unpaired) electrons. The lowest BCUT2D eigenvalue weighted by Gasteiger charge is -2.23. The van der Waals surface area contributed by atoms with E-state index in [0.717, 1.165) is 25.9 Å². The molecule has 2 aliphatic rings. The number of aromatic nitrogens is 1. The summed E-state index contributed by atoms with van der Waals surface area (Å²) in [6.07, 6.45) is 6.73. The molecular formula is C18H22N2O. The minimum atomic E-state index is 0.259. The van der Waals surface area contributed by atoms with E-state index in [1.807, 2.05) is 0 Å². The largest absolute Gasteiger partial charge is 0.396 e. The Kier molecular flexibility index (Phi) is 3.12. The van der Waals surface area contributed by atoms with Gasteiger partial charge in [0, 0.05) is 35.6 Å². The standard InChI is InChI=1S/C18H22N2O/c1-2-6-20-10-14(11-21)15-7-12-4-3-5-16-18(12)13(9-19-16)8-17(15)20/h3-5,7,9,14,17,19,21H,2,6,8,10-11H2,1H3/t14-,17-/m1/s1. The van der Waals surface area contributed by atoms with Gasteiger partial charge in [-0.3, -0.25) is 4.90 Å². The lowest BCUT2D eigenvalue weighted by molar-refractivity contribution is 0.217. The predicted molar refractivity (Wildman–Crippen MR) is 86.2 cm³/mol. The summed E-state index contributed by atoms with van der Waals surface area (Å²) in [5.74, 6) is 0.296. The monoisotopic (exact) mass is 282 g/mol. The average Bonchev–Trinajstić information content (AvgIpc) is 2.99. The molecule has 2 heterocycles. The molecule has 2 atom stereocenters. The van der Waals surface area contributed by atoms with Crippen molar-refractivity contribution in [2.24, 2.45) is 5.92 Å². The fraction of sp³-hybridized carbons (Fsp3) is 0.444. The Morgan fingerprint density at radius 3 is 3.10 bits per heavy atom. The molecule has 0 amide bonds. The van der Waals surface area contributed by atoms with Gasteiger partial charge in [-0.1, -0.05) is 25.1 Å². The highest BCUT2D eigenvalue weighted by Gasteiger charge is 2.37. The van der Waals surface area contributed by atoms with Gasteiger partial charge in [0.15, 0.2) is 0 Å². The first-order chi connectivity index (χ1) is 10.3. The third kappa shape index (κ3) is 1.95. The van der Waals surface area contributed by atoms with E-state index in [4.69, 9.17) is 0 Å². The number of hydrogen-bond donors (Lipinski definition) is 2. The number of nitrogens with zero attached hydrogens (tertiary/aromatic N) is 1. The Bertz CT molecular complexity index is 700. The van der Waals surface area contributed by atoms with Gasteiger partial charge in [0.25, 0.3) is 0 Å². The Labute approximate surface area is 125 Å². The maximum Gasteiger partial charge on any atom is 0.0509 e. The van der Waals surface area contributed by atoms with Gasteiger partial charge in [0.1, 0.15) is 0 Å². The molecule has 1 fully saturated rings. The molecule has 21 heavy (non-hydrogen) atoms. The molecule has 3 heteroatoms. The van der Waals surface area contributed by atoms with Crippen LogP contribution in [-0.4, -0.2) is 40.7 Å². The molecule has 1 saturated heterocycles. The summed E-state index contributed by atoms with van der Waals surface area (Å²) < 4.78 is 0. The zero-order chi connectivity index (χ0) is 14.4. The number of fused-ring (bicyclic) bond motifs is 1. The van der Waals surface area contributed by atoms with Crippen LogP contribution in [0.2, 0.25) is 0 Å².